The van der Waals surface area contributed by atoms with Crippen molar-refractivity contribution in [2.45, 2.75) is 6.92 Å². The van der Waals surface area contributed by atoms with Crippen LogP contribution in [0.25, 0.3) is 11.3 Å². The molecule has 21 heavy (non-hydrogen) atoms. The number of carbonyl (C=O) groups is 1. The molecule has 0 spiro atoms. The topological polar surface area (TPSA) is 70.7 Å². The van der Waals surface area contributed by atoms with E-state index in [0.29, 0.717) is 21.8 Å². The third-order valence-electron chi connectivity index (χ3n) is 2.88. The molecule has 0 radical (unpaired) electrons. The molecule has 0 saturated heterocycles. The molecule has 0 aliphatic heterocycles. The second-order valence-corrected chi connectivity index (χ2v) is 5.26. The number of nitrogens with one attached hydrogen (secondary N) is 2. The van der Waals surface area contributed by atoms with E-state index in [0.717, 1.165) is 5.69 Å². The molecule has 0 aliphatic rings. The van der Waals surface area contributed by atoms with E-state index in [1.165, 1.54) is 29.9 Å². The summed E-state index contributed by atoms with van der Waals surface area (Å²) in [5, 5.41) is 10.1. The van der Waals surface area contributed by atoms with Crippen LogP contribution in [0.5, 0.6) is 0 Å². The Morgan fingerprint density at radius 1 is 1.33 bits per heavy atom. The molecule has 2 N–H and O–H groups in total. The lowest BCUT2D eigenvalue weighted by molar-refractivity contribution is 0.102. The minimum atomic E-state index is -0.329. The Morgan fingerprint density at radius 2 is 2.10 bits per heavy atom. The van der Waals surface area contributed by atoms with Crippen molar-refractivity contribution < 1.29 is 9.18 Å². The number of hydrogen-bond donors (Lipinski definition) is 2. The summed E-state index contributed by atoms with van der Waals surface area (Å²) in [5.74, 6) is -0.615. The van der Waals surface area contributed by atoms with Crippen LogP contribution in [0.4, 0.5) is 9.39 Å². The van der Waals surface area contributed by atoms with Gasteiger partial charge >= 0.3 is 0 Å². The van der Waals surface area contributed by atoms with Gasteiger partial charge in [-0.05, 0) is 48.8 Å². The molecule has 0 atom stereocenters. The second kappa shape index (κ2) is 5.45. The molecule has 0 fully saturated rings. The third kappa shape index (κ3) is 2.82. The first-order valence-corrected chi connectivity index (χ1v) is 6.95. The smallest absolute Gasteiger partial charge is 0.260 e. The number of hydrogen-bond acceptors (Lipinski definition) is 4. The first-order valence-electron chi connectivity index (χ1n) is 6.17. The molecule has 1 aromatic carbocycles. The van der Waals surface area contributed by atoms with Crippen molar-refractivity contribution in [2.24, 2.45) is 0 Å². The Kier molecular flexibility index (Phi) is 3.49. The van der Waals surface area contributed by atoms with Crippen LogP contribution in [0.3, 0.4) is 0 Å². The molecule has 0 aliphatic carbocycles. The number of aryl methyl sites for hydroxylation is 1. The fraction of sp³-hybridized carbons (Fsp3) is 0.0714. The predicted molar refractivity (Wildman–Crippen MR) is 78.8 cm³/mol. The molecule has 7 heteroatoms. The third-order valence-corrected chi connectivity index (χ3v) is 3.68. The number of benzene rings is 1. The van der Waals surface area contributed by atoms with Crippen LogP contribution < -0.4 is 5.32 Å². The maximum atomic E-state index is 13.0. The number of amides is 1. The number of anilines is 1. The second-order valence-electron chi connectivity index (χ2n) is 4.45. The quantitative estimate of drug-likeness (QED) is 0.780. The molecule has 5 nitrogen and oxygen atoms in total. The van der Waals surface area contributed by atoms with E-state index in [2.05, 4.69) is 19.9 Å². The Bertz CT molecular complexity index is 778. The van der Waals surface area contributed by atoms with Crippen molar-refractivity contribution in [3.8, 4) is 11.3 Å². The van der Waals surface area contributed by atoms with E-state index in [1.807, 2.05) is 6.92 Å². The van der Waals surface area contributed by atoms with E-state index in [1.54, 1.807) is 18.2 Å². The van der Waals surface area contributed by atoms with Crippen molar-refractivity contribution in [1.29, 1.82) is 0 Å². The van der Waals surface area contributed by atoms with Gasteiger partial charge in [-0.1, -0.05) is 0 Å². The first-order chi connectivity index (χ1) is 10.1. The van der Waals surface area contributed by atoms with E-state index in [4.69, 9.17) is 0 Å². The Labute approximate surface area is 124 Å². The summed E-state index contributed by atoms with van der Waals surface area (Å²) in [5.41, 5.74) is 2.49. The van der Waals surface area contributed by atoms with E-state index < -0.39 is 0 Å². The molecule has 2 heterocycles. The van der Waals surface area contributed by atoms with Gasteiger partial charge in [0.2, 0.25) is 0 Å². The molecule has 0 saturated carbocycles. The van der Waals surface area contributed by atoms with Gasteiger partial charge in [0.05, 0.1) is 23.1 Å². The molecule has 0 bridgehead atoms. The highest BCUT2D eigenvalue weighted by Crippen LogP contribution is 2.23. The van der Waals surface area contributed by atoms with Crippen LogP contribution in [0, 0.1) is 12.7 Å². The van der Waals surface area contributed by atoms with Crippen molar-refractivity contribution >= 4 is 22.4 Å². The lowest BCUT2D eigenvalue weighted by Crippen LogP contribution is -2.11. The van der Waals surface area contributed by atoms with E-state index in [9.17, 15) is 9.18 Å². The minimum Gasteiger partial charge on any atom is -0.312 e. The van der Waals surface area contributed by atoms with Gasteiger partial charge in [0.1, 0.15) is 10.8 Å². The number of nitrogens with zero attached hydrogens (tertiary/aromatic N) is 2. The monoisotopic (exact) mass is 302 g/mol. The van der Waals surface area contributed by atoms with Crippen LogP contribution in [0.1, 0.15) is 16.1 Å². The van der Waals surface area contributed by atoms with Crippen LogP contribution >= 0.6 is 11.5 Å². The van der Waals surface area contributed by atoms with Crippen LogP contribution in [0.2, 0.25) is 0 Å². The van der Waals surface area contributed by atoms with E-state index >= 15 is 0 Å². The molecule has 3 aromatic rings. The zero-order valence-electron chi connectivity index (χ0n) is 11.1. The Morgan fingerprint density at radius 3 is 2.76 bits per heavy atom. The minimum absolute atomic E-state index is 0.285. The number of H-pyrrole nitrogens is 1. The summed E-state index contributed by atoms with van der Waals surface area (Å²) < 4.78 is 17.1. The SMILES string of the molecule is Cc1cc(NC(=O)c2cn[nH]c2-c2ccc(F)cc2)sn1. The van der Waals surface area contributed by atoms with Crippen LogP contribution in [-0.2, 0) is 0 Å². The summed E-state index contributed by atoms with van der Waals surface area (Å²) in [4.78, 5) is 12.3. The van der Waals surface area contributed by atoms with Crippen molar-refractivity contribution in [1.82, 2.24) is 14.6 Å². The van der Waals surface area contributed by atoms with Crippen molar-refractivity contribution in [3.05, 3.63) is 53.6 Å². The van der Waals surface area contributed by atoms with Crippen LogP contribution in [-0.4, -0.2) is 20.5 Å². The summed E-state index contributed by atoms with van der Waals surface area (Å²) >= 11 is 1.22. The number of halogens is 1. The molecular formula is C14H11FN4OS. The molecule has 1 amide bonds. The van der Waals surface area contributed by atoms with Gasteiger partial charge in [0.25, 0.3) is 5.91 Å². The highest BCUT2D eigenvalue weighted by atomic mass is 32.1. The lowest BCUT2D eigenvalue weighted by atomic mass is 10.1. The van der Waals surface area contributed by atoms with Gasteiger partial charge in [-0.25, -0.2) is 4.39 Å². The maximum absolute atomic E-state index is 13.0. The summed E-state index contributed by atoms with van der Waals surface area (Å²) in [6.07, 6.45) is 1.45. The summed E-state index contributed by atoms with van der Waals surface area (Å²) in [6, 6.07) is 7.65. The molecule has 0 unspecified atom stereocenters. The van der Waals surface area contributed by atoms with Crippen molar-refractivity contribution in [3.63, 3.8) is 0 Å². The number of rotatable bonds is 3. The fourth-order valence-electron chi connectivity index (χ4n) is 1.90. The summed E-state index contributed by atoms with van der Waals surface area (Å²) in [7, 11) is 0. The predicted octanol–water partition coefficient (Wildman–Crippen LogP) is 3.23. The molecule has 106 valence electrons. The average molecular weight is 302 g/mol. The Hall–Kier alpha value is -2.54. The normalized spacial score (nSPS) is 10.6. The highest BCUT2D eigenvalue weighted by molar-refractivity contribution is 7.10. The van der Waals surface area contributed by atoms with E-state index in [-0.39, 0.29) is 11.7 Å². The van der Waals surface area contributed by atoms with Gasteiger partial charge < -0.3 is 5.32 Å². The van der Waals surface area contributed by atoms with Gasteiger partial charge in [-0.3, -0.25) is 9.89 Å². The molecule has 3 rings (SSSR count). The zero-order chi connectivity index (χ0) is 14.8. The zero-order valence-corrected chi connectivity index (χ0v) is 11.9. The standard InChI is InChI=1S/C14H11FN4OS/c1-8-6-12(21-19-8)17-14(20)11-7-16-18-13(11)9-2-4-10(15)5-3-9/h2-7H,1H3,(H,16,18)(H,17,20). The lowest BCUT2D eigenvalue weighted by Gasteiger charge is -2.03. The maximum Gasteiger partial charge on any atom is 0.260 e. The molecule has 2 aromatic heterocycles. The van der Waals surface area contributed by atoms with Gasteiger partial charge in [0, 0.05) is 5.56 Å². The van der Waals surface area contributed by atoms with Crippen molar-refractivity contribution in [2.75, 3.05) is 5.32 Å². The van der Waals surface area contributed by atoms with Gasteiger partial charge in [-0.2, -0.15) is 9.47 Å². The fourth-order valence-corrected chi connectivity index (χ4v) is 2.55. The number of aromatic amines is 1. The van der Waals surface area contributed by atoms with Gasteiger partial charge in [-0.15, -0.1) is 0 Å². The first kappa shape index (κ1) is 13.4. The Balaban J connectivity index is 1.88. The highest BCUT2D eigenvalue weighted by Gasteiger charge is 2.16. The summed E-state index contributed by atoms with van der Waals surface area (Å²) in [6.45, 7) is 1.86. The van der Waals surface area contributed by atoms with Crippen LogP contribution in [0.15, 0.2) is 36.5 Å². The largest absolute Gasteiger partial charge is 0.312 e. The molecular weight excluding hydrogens is 291 g/mol. The van der Waals surface area contributed by atoms with Gasteiger partial charge in [0.15, 0.2) is 0 Å². The number of aromatic nitrogens is 3. The average Bonchev–Trinajstić information content (AvgIpc) is 3.09. The number of carbonyl (C=O) groups excluding carboxylic acids is 1.